The first kappa shape index (κ1) is 84.8. The smallest absolute Gasteiger partial charge is 0.220 e. The largest absolute Gasteiger partial charge is 0.394 e. The van der Waals surface area contributed by atoms with E-state index in [9.17, 15) is 45.6 Å². The summed E-state index contributed by atoms with van der Waals surface area (Å²) in [7, 11) is 0. The fourth-order valence-corrected chi connectivity index (χ4v) is 12.5. The molecule has 2 aliphatic heterocycles. The first-order valence-electron chi connectivity index (χ1n) is 38.0. The molecule has 0 bridgehead atoms. The Bertz CT molecular complexity index is 1760. The maximum Gasteiger partial charge on any atom is 0.220 e. The van der Waals surface area contributed by atoms with Crippen LogP contribution >= 0.6 is 0 Å². The van der Waals surface area contributed by atoms with Crippen LogP contribution in [0.1, 0.15) is 328 Å². The van der Waals surface area contributed by atoms with Gasteiger partial charge < -0.3 is 65.1 Å². The highest BCUT2D eigenvalue weighted by Crippen LogP contribution is 2.30. The molecule has 9 N–H and O–H groups in total. The minimum atomic E-state index is -1.79. The zero-order valence-electron chi connectivity index (χ0n) is 58.1. The van der Waals surface area contributed by atoms with Gasteiger partial charge in [-0.05, 0) is 57.8 Å². The molecule has 14 heteroatoms. The van der Waals surface area contributed by atoms with Crippen molar-refractivity contribution in [2.75, 3.05) is 19.8 Å². The molecule has 1 amide bonds. The molecule has 0 spiro atoms. The number of nitrogens with one attached hydrogen (secondary N) is 1. The first-order valence-corrected chi connectivity index (χ1v) is 38.0. The van der Waals surface area contributed by atoms with Gasteiger partial charge >= 0.3 is 0 Å². The molecule has 0 radical (unpaired) electrons. The highest BCUT2D eigenvalue weighted by atomic mass is 16.7. The number of amides is 1. The zero-order valence-corrected chi connectivity index (χ0v) is 58.1. The van der Waals surface area contributed by atoms with Gasteiger partial charge in [-0.25, -0.2) is 0 Å². The molecule has 2 heterocycles. The van der Waals surface area contributed by atoms with E-state index < -0.39 is 86.8 Å². The van der Waals surface area contributed by atoms with Crippen LogP contribution in [0.4, 0.5) is 0 Å². The van der Waals surface area contributed by atoms with Crippen LogP contribution in [0, 0.1) is 0 Å². The third-order valence-corrected chi connectivity index (χ3v) is 18.5. The number of aliphatic hydroxyl groups excluding tert-OH is 8. The average molecular weight is 1290 g/mol. The van der Waals surface area contributed by atoms with Crippen LogP contribution in [0.2, 0.25) is 0 Å². The van der Waals surface area contributed by atoms with Gasteiger partial charge in [-0.1, -0.05) is 325 Å². The molecule has 0 aromatic rings. The highest BCUT2D eigenvalue weighted by Gasteiger charge is 2.51. The van der Waals surface area contributed by atoms with Gasteiger partial charge in [0.25, 0.3) is 0 Å². The Labute approximate surface area is 556 Å². The van der Waals surface area contributed by atoms with Crippen molar-refractivity contribution >= 4 is 5.91 Å². The summed E-state index contributed by atoms with van der Waals surface area (Å²) in [6, 6.07) is -0.914. The molecule has 12 unspecified atom stereocenters. The van der Waals surface area contributed by atoms with Gasteiger partial charge in [0.05, 0.1) is 32.0 Å². The van der Waals surface area contributed by atoms with E-state index in [4.69, 9.17) is 18.9 Å². The molecule has 0 aliphatic carbocycles. The number of rotatable bonds is 63. The Kier molecular flexibility index (Phi) is 57.1. The lowest BCUT2D eigenvalue weighted by Gasteiger charge is -2.46. The van der Waals surface area contributed by atoms with Crippen molar-refractivity contribution in [3.8, 4) is 0 Å². The van der Waals surface area contributed by atoms with Gasteiger partial charge in [0.1, 0.15) is 48.8 Å². The Morgan fingerprint density at radius 3 is 1.16 bits per heavy atom. The number of aliphatic hydroxyl groups is 8. The normalized spacial score (nSPS) is 23.1. The number of ether oxygens (including phenoxy) is 4. The lowest BCUT2D eigenvalue weighted by molar-refractivity contribution is -0.359. The molecule has 14 nitrogen and oxygen atoms in total. The maximum atomic E-state index is 13.3. The third-order valence-electron chi connectivity index (χ3n) is 18.5. The van der Waals surface area contributed by atoms with Crippen LogP contribution < -0.4 is 5.32 Å². The van der Waals surface area contributed by atoms with Crippen molar-refractivity contribution in [3.63, 3.8) is 0 Å². The first-order chi connectivity index (χ1) is 44.6. The van der Waals surface area contributed by atoms with E-state index in [1.54, 1.807) is 6.08 Å². The summed E-state index contributed by atoms with van der Waals surface area (Å²) in [5.41, 5.74) is 0. The number of carbonyl (C=O) groups excluding carboxylic acids is 1. The minimum absolute atomic E-state index is 0.233. The Hall–Kier alpha value is -2.31. The van der Waals surface area contributed by atoms with Crippen LogP contribution in [0.3, 0.4) is 0 Å². The second-order valence-corrected chi connectivity index (χ2v) is 26.8. The monoisotopic (exact) mass is 1290 g/mol. The van der Waals surface area contributed by atoms with Crippen molar-refractivity contribution in [1.29, 1.82) is 0 Å². The van der Waals surface area contributed by atoms with Gasteiger partial charge in [0, 0.05) is 6.42 Å². The predicted molar refractivity (Wildman–Crippen MR) is 374 cm³/mol. The zero-order chi connectivity index (χ0) is 65.9. The molecule has 532 valence electrons. The van der Waals surface area contributed by atoms with E-state index in [2.05, 4.69) is 67.8 Å². The summed E-state index contributed by atoms with van der Waals surface area (Å²) < 4.78 is 22.9. The molecule has 91 heavy (non-hydrogen) atoms. The molecule has 0 aromatic carbocycles. The number of allylic oxidation sites excluding steroid dienone is 9. The molecule has 2 aliphatic rings. The Morgan fingerprint density at radius 2 is 0.758 bits per heavy atom. The van der Waals surface area contributed by atoms with Gasteiger partial charge in [-0.2, -0.15) is 0 Å². The Balaban J connectivity index is 1.54. The van der Waals surface area contributed by atoms with Gasteiger partial charge in [-0.15, -0.1) is 0 Å². The maximum absolute atomic E-state index is 13.3. The van der Waals surface area contributed by atoms with Crippen molar-refractivity contribution in [2.45, 2.75) is 402 Å². The summed E-state index contributed by atoms with van der Waals surface area (Å²) in [5.74, 6) is -0.233. The summed E-state index contributed by atoms with van der Waals surface area (Å²) in [5, 5.41) is 87.4. The minimum Gasteiger partial charge on any atom is -0.394 e. The summed E-state index contributed by atoms with van der Waals surface area (Å²) in [6.07, 6.45) is 66.0. The van der Waals surface area contributed by atoms with Gasteiger partial charge in [0.15, 0.2) is 12.6 Å². The summed E-state index contributed by atoms with van der Waals surface area (Å²) in [4.78, 5) is 13.3. The van der Waals surface area contributed by atoms with Crippen molar-refractivity contribution in [1.82, 2.24) is 5.32 Å². The number of hydrogen-bond acceptors (Lipinski definition) is 13. The number of carbonyl (C=O) groups is 1. The fourth-order valence-electron chi connectivity index (χ4n) is 12.5. The highest BCUT2D eigenvalue weighted by molar-refractivity contribution is 5.76. The lowest BCUT2D eigenvalue weighted by atomic mass is 9.97. The standard InChI is InChI=1S/C77H141NO13/c1-3-5-7-9-11-13-15-17-19-21-22-23-24-25-26-27-28-29-30-31-32-33-34-35-36-37-38-39-40-41-42-43-44-45-47-49-51-53-55-57-59-61-69(82)78-65(66(81)60-58-56-54-52-50-48-46-20-18-16-14-12-10-8-6-4-2)64-88-76-74(87)72(85)75(68(63-80)90-76)91-77-73(86)71(84)70(83)67(62-79)89-77/h5,7,11,13,17,19,22-23,58,60,65-68,70-77,79-81,83-87H,3-4,6,8-10,12,14-16,18,20-21,24-57,59,61-64H2,1-2H3,(H,78,82)/b7-5-,13-11-,19-17-,23-22-,60-58+. The van der Waals surface area contributed by atoms with E-state index in [1.165, 1.54) is 238 Å². The van der Waals surface area contributed by atoms with E-state index in [-0.39, 0.29) is 18.9 Å². The van der Waals surface area contributed by atoms with E-state index in [1.807, 2.05) is 6.08 Å². The number of hydrogen-bond donors (Lipinski definition) is 9. The van der Waals surface area contributed by atoms with E-state index in [0.29, 0.717) is 6.42 Å². The van der Waals surface area contributed by atoms with Crippen molar-refractivity contribution < 1.29 is 64.6 Å². The molecular formula is C77H141NO13. The fraction of sp³-hybridized carbons (Fsp3) is 0.857. The van der Waals surface area contributed by atoms with Gasteiger partial charge in [-0.3, -0.25) is 4.79 Å². The van der Waals surface area contributed by atoms with Crippen molar-refractivity contribution in [3.05, 3.63) is 60.8 Å². The molecule has 2 rings (SSSR count). The quantitative estimate of drug-likeness (QED) is 0.0204. The SMILES string of the molecule is CC/C=C\C/C=C\C/C=C\C/C=C\CCCCCCCCCCCCCCCCCCCCCCCCCCCCCCC(=O)NC(COC1OC(CO)C(OC2OC(CO)C(O)C(O)C2O)C(O)C1O)C(O)/C=C/CCCCCCCCCCCCCCCC. The summed E-state index contributed by atoms with van der Waals surface area (Å²) in [6.45, 7) is 2.72. The Morgan fingerprint density at radius 1 is 0.407 bits per heavy atom. The van der Waals surface area contributed by atoms with Gasteiger partial charge in [0.2, 0.25) is 5.91 Å². The summed E-state index contributed by atoms with van der Waals surface area (Å²) >= 11 is 0. The second kappa shape index (κ2) is 61.3. The average Bonchev–Trinajstić information content (AvgIpc) is 1.24. The molecular weight excluding hydrogens is 1150 g/mol. The van der Waals surface area contributed by atoms with Crippen LogP contribution in [0.15, 0.2) is 60.8 Å². The molecule has 12 atom stereocenters. The second-order valence-electron chi connectivity index (χ2n) is 26.8. The topological polar surface area (TPSA) is 228 Å². The molecule has 0 saturated carbocycles. The molecule has 2 saturated heterocycles. The van der Waals surface area contributed by atoms with Crippen LogP contribution in [0.25, 0.3) is 0 Å². The molecule has 2 fully saturated rings. The number of unbranched alkanes of at least 4 members (excludes halogenated alkanes) is 42. The predicted octanol–water partition coefficient (Wildman–Crippen LogP) is 16.4. The lowest BCUT2D eigenvalue weighted by Crippen LogP contribution is -2.65. The van der Waals surface area contributed by atoms with Crippen molar-refractivity contribution in [2.24, 2.45) is 0 Å². The van der Waals surface area contributed by atoms with Crippen LogP contribution in [-0.4, -0.2) is 140 Å². The molecule has 0 aromatic heterocycles. The van der Waals surface area contributed by atoms with E-state index >= 15 is 0 Å². The van der Waals surface area contributed by atoms with Crippen LogP contribution in [0.5, 0.6) is 0 Å². The van der Waals surface area contributed by atoms with E-state index in [0.717, 1.165) is 64.2 Å². The third kappa shape index (κ3) is 44.9. The van der Waals surface area contributed by atoms with Crippen LogP contribution in [-0.2, 0) is 23.7 Å².